The van der Waals surface area contributed by atoms with E-state index in [4.69, 9.17) is 0 Å². The summed E-state index contributed by atoms with van der Waals surface area (Å²) >= 11 is 0. The molecule has 0 amide bonds. The summed E-state index contributed by atoms with van der Waals surface area (Å²) in [6.45, 7) is 10.9. The third-order valence-electron chi connectivity index (χ3n) is 0.816. The highest BCUT2D eigenvalue weighted by Crippen LogP contribution is 1.82. The fourth-order valence-corrected chi connectivity index (χ4v) is 0.866. The Morgan fingerprint density at radius 1 is 0.875 bits per heavy atom. The maximum atomic E-state index is 3.62. The Balaban J connectivity index is 0. The van der Waals surface area contributed by atoms with E-state index in [9.17, 15) is 0 Å². The van der Waals surface area contributed by atoms with Crippen LogP contribution < -0.4 is 0 Å². The lowest BCUT2D eigenvalue weighted by molar-refractivity contribution is 1.11. The van der Waals surface area contributed by atoms with E-state index >= 15 is 0 Å². The summed E-state index contributed by atoms with van der Waals surface area (Å²) in [5, 5.41) is 0. The minimum Gasteiger partial charge on any atom is -0.269 e. The third-order valence-corrected chi connectivity index (χ3v) is 2.45. The summed E-state index contributed by atoms with van der Waals surface area (Å²) < 4.78 is 0. The Labute approximate surface area is 51.2 Å². The summed E-state index contributed by atoms with van der Waals surface area (Å²) in [6, 6.07) is 0. The van der Waals surface area contributed by atoms with Gasteiger partial charge < -0.3 is 0 Å². The molecule has 0 heterocycles. The molecule has 0 aromatic rings. The summed E-state index contributed by atoms with van der Waals surface area (Å²) in [4.78, 5) is 0. The third kappa shape index (κ3) is 3.55. The molecule has 0 aliphatic heterocycles. The Morgan fingerprint density at radius 3 is 1.12 bits per heavy atom. The van der Waals surface area contributed by atoms with Crippen LogP contribution in [0.15, 0.2) is 36.8 Å². The highest BCUT2D eigenvalue weighted by Gasteiger charge is 1.87. The fraction of sp³-hybridized carbons (Fsp3) is 0. The van der Waals surface area contributed by atoms with E-state index in [0.717, 1.165) is 0 Å². The lowest BCUT2D eigenvalue weighted by atomic mass is 11.2. The molecule has 8 heavy (non-hydrogen) atoms. The van der Waals surface area contributed by atoms with Crippen molar-refractivity contribution in [2.75, 3.05) is 0 Å². The molecule has 0 bridgehead atoms. The lowest BCUT2D eigenvalue weighted by Gasteiger charge is -1.88. The molecular weight excluding hydrogens is 119 g/mol. The molecule has 0 aromatic heterocycles. The molecule has 0 radical (unpaired) electrons. The molecular formula is C6H11FSi. The molecule has 0 unspecified atom stereocenters. The van der Waals surface area contributed by atoms with Gasteiger partial charge >= 0.3 is 0 Å². The zero-order valence-corrected chi connectivity index (χ0v) is 5.99. The minimum absolute atomic E-state index is 0. The molecule has 0 aliphatic rings. The first-order valence-corrected chi connectivity index (χ1v) is 4.22. The number of halogens is 1. The largest absolute Gasteiger partial charge is 0.269 e. The highest BCUT2D eigenvalue weighted by molar-refractivity contribution is 6.73. The van der Waals surface area contributed by atoms with Gasteiger partial charge in [-0.3, -0.25) is 4.70 Å². The summed E-state index contributed by atoms with van der Waals surface area (Å²) in [7, 11) is -0.880. The Morgan fingerprint density at radius 2 is 1.12 bits per heavy atom. The molecule has 0 aliphatic carbocycles. The van der Waals surface area contributed by atoms with Gasteiger partial charge in [-0.15, -0.1) is 19.7 Å². The van der Waals surface area contributed by atoms with Gasteiger partial charge in [-0.25, -0.2) is 0 Å². The van der Waals surface area contributed by atoms with Crippen LogP contribution in [0.1, 0.15) is 0 Å². The van der Waals surface area contributed by atoms with E-state index in [-0.39, 0.29) is 4.70 Å². The predicted octanol–water partition coefficient (Wildman–Crippen LogP) is 1.54. The first kappa shape index (κ1) is 10.4. The molecule has 2 heteroatoms. The Kier molecular flexibility index (Phi) is 8.25. The van der Waals surface area contributed by atoms with Gasteiger partial charge in [0.1, 0.15) is 8.80 Å². The first-order chi connectivity index (χ1) is 3.35. The summed E-state index contributed by atoms with van der Waals surface area (Å²) in [5.74, 6) is 0. The van der Waals surface area contributed by atoms with Gasteiger partial charge in [-0.05, 0) is 0 Å². The van der Waals surface area contributed by atoms with Crippen molar-refractivity contribution in [3.63, 3.8) is 0 Å². The van der Waals surface area contributed by atoms with Crippen LogP contribution in [0.25, 0.3) is 0 Å². The molecule has 0 spiro atoms. The SMILES string of the molecule is C=C[SiH](C=C)C=C.F. The maximum Gasteiger partial charge on any atom is 0.107 e. The second-order valence-corrected chi connectivity index (χ2v) is 3.85. The van der Waals surface area contributed by atoms with Crippen molar-refractivity contribution in [3.05, 3.63) is 36.8 Å². The number of rotatable bonds is 3. The molecule has 0 N–H and O–H groups in total. The summed E-state index contributed by atoms with van der Waals surface area (Å²) in [5.41, 5.74) is 5.79. The fourth-order valence-electron chi connectivity index (χ4n) is 0.289. The van der Waals surface area contributed by atoms with Crippen LogP contribution in [-0.4, -0.2) is 8.80 Å². The Hall–Kier alpha value is -0.633. The summed E-state index contributed by atoms with van der Waals surface area (Å²) in [6.07, 6.45) is 0. The van der Waals surface area contributed by atoms with Crippen LogP contribution in [0.2, 0.25) is 0 Å². The zero-order chi connectivity index (χ0) is 5.70. The molecule has 46 valence electrons. The maximum absolute atomic E-state index is 3.62. The van der Waals surface area contributed by atoms with Crippen molar-refractivity contribution in [2.45, 2.75) is 0 Å². The van der Waals surface area contributed by atoms with Gasteiger partial charge in [-0.2, -0.15) is 0 Å². The van der Waals surface area contributed by atoms with E-state index in [2.05, 4.69) is 19.7 Å². The minimum atomic E-state index is -0.880. The molecule has 0 aromatic carbocycles. The molecule has 0 fully saturated rings. The van der Waals surface area contributed by atoms with Crippen LogP contribution in [0.5, 0.6) is 0 Å². The number of hydrogen-bond acceptors (Lipinski definition) is 0. The van der Waals surface area contributed by atoms with Gasteiger partial charge in [0.25, 0.3) is 0 Å². The standard InChI is InChI=1S/C6H10Si.FH/c1-4-7(5-2)6-3;/h4-7H,1-3H2;1H. The monoisotopic (exact) mass is 130 g/mol. The van der Waals surface area contributed by atoms with Crippen molar-refractivity contribution in [1.82, 2.24) is 0 Å². The zero-order valence-electron chi connectivity index (χ0n) is 4.84. The molecule has 0 saturated heterocycles. The van der Waals surface area contributed by atoms with Gasteiger partial charge in [0.15, 0.2) is 0 Å². The van der Waals surface area contributed by atoms with Crippen molar-refractivity contribution in [1.29, 1.82) is 0 Å². The van der Waals surface area contributed by atoms with Gasteiger partial charge in [-0.1, -0.05) is 17.1 Å². The second-order valence-electron chi connectivity index (χ2n) is 1.28. The van der Waals surface area contributed by atoms with Crippen molar-refractivity contribution < 1.29 is 4.70 Å². The normalized spacial score (nSPS) is 7.12. The molecule has 0 rings (SSSR count). The second kappa shape index (κ2) is 6.37. The van der Waals surface area contributed by atoms with Crippen molar-refractivity contribution in [3.8, 4) is 0 Å². The average molecular weight is 130 g/mol. The topological polar surface area (TPSA) is 0 Å². The lowest BCUT2D eigenvalue weighted by Crippen LogP contribution is -1.97. The molecule has 0 atom stereocenters. The van der Waals surface area contributed by atoms with E-state index < -0.39 is 8.80 Å². The average Bonchev–Trinajstić information content (AvgIpc) is 1.72. The van der Waals surface area contributed by atoms with Gasteiger partial charge in [0.05, 0.1) is 0 Å². The number of hydrogen-bond donors (Lipinski definition) is 0. The Bertz CT molecular complexity index is 69.5. The van der Waals surface area contributed by atoms with Crippen LogP contribution in [-0.2, 0) is 0 Å². The van der Waals surface area contributed by atoms with E-state index in [1.807, 2.05) is 17.1 Å². The predicted molar refractivity (Wildman–Crippen MR) is 40.2 cm³/mol. The van der Waals surface area contributed by atoms with Gasteiger partial charge in [0, 0.05) is 0 Å². The van der Waals surface area contributed by atoms with Crippen LogP contribution in [0.3, 0.4) is 0 Å². The van der Waals surface area contributed by atoms with E-state index in [1.165, 1.54) is 0 Å². The molecule has 0 nitrogen and oxygen atoms in total. The van der Waals surface area contributed by atoms with Crippen molar-refractivity contribution >= 4 is 8.80 Å². The smallest absolute Gasteiger partial charge is 0.107 e. The van der Waals surface area contributed by atoms with Crippen LogP contribution >= 0.6 is 0 Å². The first-order valence-electron chi connectivity index (χ1n) is 2.22. The quantitative estimate of drug-likeness (QED) is 0.508. The van der Waals surface area contributed by atoms with E-state index in [0.29, 0.717) is 0 Å². The van der Waals surface area contributed by atoms with Gasteiger partial charge in [0.2, 0.25) is 0 Å². The van der Waals surface area contributed by atoms with E-state index in [1.54, 1.807) is 0 Å². The van der Waals surface area contributed by atoms with Crippen LogP contribution in [0, 0.1) is 0 Å². The van der Waals surface area contributed by atoms with Crippen LogP contribution in [0.4, 0.5) is 4.70 Å². The highest BCUT2D eigenvalue weighted by atomic mass is 28.3. The molecule has 0 saturated carbocycles. The van der Waals surface area contributed by atoms with Crippen molar-refractivity contribution in [2.24, 2.45) is 0 Å².